The summed E-state index contributed by atoms with van der Waals surface area (Å²) in [6, 6.07) is 2.32. The molecule has 7 rings (SSSR count). The van der Waals surface area contributed by atoms with Crippen molar-refractivity contribution in [3.05, 3.63) is 60.0 Å². The number of fused-ring (bicyclic) bond motifs is 4. The number of aromatic nitrogens is 3. The number of amides is 3. The molecule has 4 N–H and O–H groups in total. The Labute approximate surface area is 242 Å². The lowest BCUT2D eigenvalue weighted by Crippen LogP contribution is -2.50. The number of dihydropyridines is 1. The third-order valence-electron chi connectivity index (χ3n) is 8.08. The number of anilines is 1. The topological polar surface area (TPSA) is 133 Å². The van der Waals surface area contributed by atoms with Crippen molar-refractivity contribution in [2.75, 3.05) is 25.0 Å². The maximum Gasteiger partial charge on any atom is 0.260 e. The minimum absolute atomic E-state index is 0.163. The number of nitrogens with one attached hydrogen (secondary N) is 4. The van der Waals surface area contributed by atoms with E-state index in [4.69, 9.17) is 0 Å². The van der Waals surface area contributed by atoms with E-state index in [9.17, 15) is 14.4 Å². The molecule has 0 spiro atoms. The summed E-state index contributed by atoms with van der Waals surface area (Å²) < 4.78 is 1.66. The van der Waals surface area contributed by atoms with Crippen molar-refractivity contribution >= 4 is 39.6 Å². The molecule has 4 aliphatic rings. The van der Waals surface area contributed by atoms with Gasteiger partial charge in [-0.05, 0) is 50.7 Å². The Morgan fingerprint density at radius 3 is 2.68 bits per heavy atom. The fraction of sp³-hybridized carbons (Fsp3) is 0.414. The fourth-order valence-electron chi connectivity index (χ4n) is 5.90. The van der Waals surface area contributed by atoms with E-state index in [1.807, 2.05) is 19.2 Å². The van der Waals surface area contributed by atoms with Crippen LogP contribution >= 0.6 is 11.3 Å². The number of piperidine rings is 2. The van der Waals surface area contributed by atoms with Crippen molar-refractivity contribution in [3.8, 4) is 10.4 Å². The van der Waals surface area contributed by atoms with Gasteiger partial charge in [-0.3, -0.25) is 24.3 Å². The quantitative estimate of drug-likeness (QED) is 0.325. The van der Waals surface area contributed by atoms with Crippen LogP contribution in [0.25, 0.3) is 15.3 Å². The van der Waals surface area contributed by atoms with Gasteiger partial charge in [0.2, 0.25) is 5.91 Å². The number of hydrogen-bond donors (Lipinski definition) is 4. The molecule has 3 aromatic heterocycles. The largest absolute Gasteiger partial charge is 0.382 e. The van der Waals surface area contributed by atoms with Crippen LogP contribution in [0.3, 0.4) is 0 Å². The molecule has 1 aliphatic carbocycles. The summed E-state index contributed by atoms with van der Waals surface area (Å²) in [5, 5.41) is 16.3. The van der Waals surface area contributed by atoms with E-state index >= 15 is 0 Å². The second-order valence-corrected chi connectivity index (χ2v) is 12.0. The first kappa shape index (κ1) is 27.2. The van der Waals surface area contributed by atoms with Crippen molar-refractivity contribution in [3.63, 3.8) is 0 Å². The standard InChI is InChI=1S/C29H34N8O3S/c1-17-25(10-21(12-32-17)27(39)31-7-8-36-15-19-3-5-23(36)6-4-19)35-28(40)24-14-33-37-16-26(41-29(24)37)20-9-22(13-30-11-20)34-18(2)38/h9-14,16-17,19,23,32H,3-8,15H2,1-2H3,(H,31,39)(H,34,38)(H,35,40). The zero-order valence-corrected chi connectivity index (χ0v) is 24.0. The molecule has 6 heterocycles. The Morgan fingerprint density at radius 1 is 1.10 bits per heavy atom. The van der Waals surface area contributed by atoms with E-state index in [0.29, 0.717) is 39.9 Å². The van der Waals surface area contributed by atoms with Gasteiger partial charge in [0.05, 0.1) is 40.1 Å². The molecule has 1 unspecified atom stereocenters. The van der Waals surface area contributed by atoms with Crippen molar-refractivity contribution in [2.24, 2.45) is 5.92 Å². The minimum Gasteiger partial charge on any atom is -0.382 e. The van der Waals surface area contributed by atoms with Gasteiger partial charge in [-0.1, -0.05) is 0 Å². The molecule has 41 heavy (non-hydrogen) atoms. The molecule has 11 nitrogen and oxygen atoms in total. The summed E-state index contributed by atoms with van der Waals surface area (Å²) in [5.41, 5.74) is 2.91. The lowest BCUT2D eigenvalue weighted by molar-refractivity contribution is -0.117. The molecule has 214 valence electrons. The van der Waals surface area contributed by atoms with Crippen molar-refractivity contribution in [2.45, 2.75) is 51.6 Å². The van der Waals surface area contributed by atoms with Gasteiger partial charge in [0.25, 0.3) is 11.8 Å². The van der Waals surface area contributed by atoms with Crippen LogP contribution in [0.1, 0.15) is 49.9 Å². The number of nitrogens with zero attached hydrogens (tertiary/aromatic N) is 4. The third kappa shape index (κ3) is 5.89. The maximum atomic E-state index is 13.3. The molecule has 1 saturated carbocycles. The summed E-state index contributed by atoms with van der Waals surface area (Å²) in [5.74, 6) is 0.168. The minimum atomic E-state index is -0.305. The van der Waals surface area contributed by atoms with Gasteiger partial charge in [-0.2, -0.15) is 5.10 Å². The number of carbonyl (C=O) groups excluding carboxylic acids is 3. The number of thiazole rings is 1. The normalized spacial score (nSPS) is 22.0. The van der Waals surface area contributed by atoms with Gasteiger partial charge in [0.1, 0.15) is 4.83 Å². The van der Waals surface area contributed by atoms with Gasteiger partial charge < -0.3 is 21.3 Å². The zero-order chi connectivity index (χ0) is 28.5. The fourth-order valence-corrected chi connectivity index (χ4v) is 6.94. The summed E-state index contributed by atoms with van der Waals surface area (Å²) in [6.07, 6.45) is 15.3. The maximum absolute atomic E-state index is 13.3. The van der Waals surface area contributed by atoms with Crippen LogP contribution in [0.15, 0.2) is 54.4 Å². The Balaban J connectivity index is 1.10. The highest BCUT2D eigenvalue weighted by atomic mass is 32.1. The highest BCUT2D eigenvalue weighted by Gasteiger charge is 2.33. The highest BCUT2D eigenvalue weighted by Crippen LogP contribution is 2.34. The van der Waals surface area contributed by atoms with Crippen molar-refractivity contribution < 1.29 is 14.4 Å². The second-order valence-electron chi connectivity index (χ2n) is 11.0. The zero-order valence-electron chi connectivity index (χ0n) is 23.1. The van der Waals surface area contributed by atoms with Crippen LogP contribution in [-0.2, 0) is 9.59 Å². The van der Waals surface area contributed by atoms with Crippen LogP contribution in [0.5, 0.6) is 0 Å². The smallest absolute Gasteiger partial charge is 0.260 e. The molecule has 3 fully saturated rings. The molecule has 0 radical (unpaired) electrons. The summed E-state index contributed by atoms with van der Waals surface area (Å²) in [4.78, 5) is 45.9. The molecule has 2 bridgehead atoms. The lowest BCUT2D eigenvalue weighted by atomic mass is 9.80. The summed E-state index contributed by atoms with van der Waals surface area (Å²) >= 11 is 1.41. The van der Waals surface area contributed by atoms with Crippen LogP contribution in [0, 0.1) is 5.92 Å². The Morgan fingerprint density at radius 2 is 1.93 bits per heavy atom. The Bertz CT molecular complexity index is 1550. The number of pyridine rings is 1. The number of hydrogen-bond acceptors (Lipinski definition) is 8. The average molecular weight is 575 g/mol. The van der Waals surface area contributed by atoms with Gasteiger partial charge in [-0.15, -0.1) is 11.3 Å². The first-order chi connectivity index (χ1) is 19.8. The van der Waals surface area contributed by atoms with Gasteiger partial charge in [0, 0.05) is 62.5 Å². The van der Waals surface area contributed by atoms with Crippen LogP contribution < -0.4 is 21.3 Å². The van der Waals surface area contributed by atoms with Gasteiger partial charge >= 0.3 is 0 Å². The van der Waals surface area contributed by atoms with E-state index in [1.165, 1.54) is 50.1 Å². The molecule has 1 atom stereocenters. The molecule has 2 saturated heterocycles. The predicted molar refractivity (Wildman–Crippen MR) is 157 cm³/mol. The highest BCUT2D eigenvalue weighted by molar-refractivity contribution is 7.21. The Hall–Kier alpha value is -4.03. The van der Waals surface area contributed by atoms with E-state index in [0.717, 1.165) is 29.4 Å². The first-order valence-electron chi connectivity index (χ1n) is 14.1. The summed E-state index contributed by atoms with van der Waals surface area (Å²) in [6.45, 7) is 5.98. The van der Waals surface area contributed by atoms with Crippen LogP contribution in [-0.4, -0.2) is 68.9 Å². The molecular formula is C29H34N8O3S. The number of carbonyl (C=O) groups is 3. The lowest BCUT2D eigenvalue weighted by Gasteiger charge is -2.45. The van der Waals surface area contributed by atoms with E-state index in [2.05, 4.69) is 36.2 Å². The SMILES string of the molecule is CC(=O)Nc1cncc(-c2cn3ncc(C(=O)NC4=CC(C(=O)NCCN5CC6CCC5CC6)=CNC4C)c3s2)c1. The second kappa shape index (κ2) is 11.5. The van der Waals surface area contributed by atoms with Gasteiger partial charge in [-0.25, -0.2) is 4.52 Å². The van der Waals surface area contributed by atoms with Crippen molar-refractivity contribution in [1.29, 1.82) is 0 Å². The van der Waals surface area contributed by atoms with E-state index in [-0.39, 0.29) is 23.8 Å². The average Bonchev–Trinajstić information content (AvgIpc) is 3.56. The van der Waals surface area contributed by atoms with Gasteiger partial charge in [0.15, 0.2) is 0 Å². The molecular weight excluding hydrogens is 540 g/mol. The molecule has 3 aromatic rings. The monoisotopic (exact) mass is 574 g/mol. The molecule has 12 heteroatoms. The summed E-state index contributed by atoms with van der Waals surface area (Å²) in [7, 11) is 0. The van der Waals surface area contributed by atoms with E-state index < -0.39 is 0 Å². The Kier molecular flexibility index (Phi) is 7.59. The molecule has 3 amide bonds. The van der Waals surface area contributed by atoms with Crippen molar-refractivity contribution in [1.82, 2.24) is 35.4 Å². The molecule has 0 aromatic carbocycles. The first-order valence-corrected chi connectivity index (χ1v) is 14.9. The van der Waals surface area contributed by atoms with E-state index in [1.54, 1.807) is 29.2 Å². The molecule has 3 aliphatic heterocycles. The van der Waals surface area contributed by atoms with Crippen LogP contribution in [0.2, 0.25) is 0 Å². The third-order valence-corrected chi connectivity index (χ3v) is 9.24. The number of rotatable bonds is 8. The van der Waals surface area contributed by atoms with Crippen LogP contribution in [0.4, 0.5) is 5.69 Å². The predicted octanol–water partition coefficient (Wildman–Crippen LogP) is 2.90.